The van der Waals surface area contributed by atoms with Gasteiger partial charge < -0.3 is 19.4 Å². The molecule has 44 heavy (non-hydrogen) atoms. The number of carbonyl (C=O) groups excluding carboxylic acids is 2. The molecule has 1 N–H and O–H groups in total. The van der Waals surface area contributed by atoms with Gasteiger partial charge in [-0.15, -0.1) is 10.2 Å². The average molecular weight is 595 g/mol. The van der Waals surface area contributed by atoms with Crippen molar-refractivity contribution in [3.05, 3.63) is 89.4 Å². The topological polar surface area (TPSA) is 115 Å². The van der Waals surface area contributed by atoms with E-state index in [1.54, 1.807) is 31.3 Å². The largest absolute Gasteiger partial charge is 0.493 e. The summed E-state index contributed by atoms with van der Waals surface area (Å²) in [5.41, 5.74) is 2.21. The molecular weight excluding hydrogens is 556 g/mol. The standard InChI is InChI=1S/C34H38N6O4/c1-33(2,32-38-37-30(44-32)21-9-7-10-21)22-11-8-12-23(19-22)39(3)31(42)28(36-29(41)25-15-18-35-40(25)4)27-24-13-5-6-14-26(24)43-20-34(27)16-17-34/h5-6,8,11-15,18-19,21,27-28H,7,9-10,16-17,20H2,1-4H3,(H,36,41)/t27?,28-/m0/s1. The van der Waals surface area contributed by atoms with E-state index in [1.165, 1.54) is 11.1 Å². The molecule has 2 aliphatic carbocycles. The molecule has 1 aliphatic heterocycles. The fourth-order valence-electron chi connectivity index (χ4n) is 6.63. The highest BCUT2D eigenvalue weighted by Crippen LogP contribution is 2.61. The van der Waals surface area contributed by atoms with Crippen LogP contribution in [0.15, 0.2) is 65.2 Å². The van der Waals surface area contributed by atoms with Crippen molar-refractivity contribution in [2.75, 3.05) is 18.6 Å². The number of amides is 2. The van der Waals surface area contributed by atoms with Crippen molar-refractivity contribution < 1.29 is 18.7 Å². The number of hydrogen-bond donors (Lipinski definition) is 1. The van der Waals surface area contributed by atoms with Crippen molar-refractivity contribution in [1.29, 1.82) is 0 Å². The molecule has 228 valence electrons. The lowest BCUT2D eigenvalue weighted by Gasteiger charge is -2.40. The van der Waals surface area contributed by atoms with Gasteiger partial charge in [0.15, 0.2) is 0 Å². The Balaban J connectivity index is 1.22. The fourth-order valence-corrected chi connectivity index (χ4v) is 6.63. The van der Waals surface area contributed by atoms with Gasteiger partial charge in [-0.05, 0) is 69.4 Å². The Bertz CT molecular complexity index is 1720. The van der Waals surface area contributed by atoms with E-state index >= 15 is 0 Å². The second-order valence-corrected chi connectivity index (χ2v) is 13.1. The molecule has 2 atom stereocenters. The second kappa shape index (κ2) is 10.6. The minimum atomic E-state index is -0.826. The molecule has 0 bridgehead atoms. The number of nitrogens with one attached hydrogen (secondary N) is 1. The first-order chi connectivity index (χ1) is 21.2. The summed E-state index contributed by atoms with van der Waals surface area (Å²) in [4.78, 5) is 29.9. The molecule has 3 aliphatic rings. The van der Waals surface area contributed by atoms with Crippen molar-refractivity contribution >= 4 is 17.5 Å². The number of benzene rings is 2. The Hall–Kier alpha value is -4.47. The summed E-state index contributed by atoms with van der Waals surface area (Å²) in [6.45, 7) is 4.62. The summed E-state index contributed by atoms with van der Waals surface area (Å²) in [6.07, 6.45) is 6.80. The van der Waals surface area contributed by atoms with Gasteiger partial charge in [0.25, 0.3) is 5.91 Å². The summed E-state index contributed by atoms with van der Waals surface area (Å²) in [5, 5.41) is 16.1. The molecule has 1 unspecified atom stereocenters. The third-order valence-electron chi connectivity index (χ3n) is 9.98. The minimum absolute atomic E-state index is 0.200. The van der Waals surface area contributed by atoms with Crippen LogP contribution < -0.4 is 15.0 Å². The van der Waals surface area contributed by atoms with Gasteiger partial charge in [0.1, 0.15) is 17.5 Å². The second-order valence-electron chi connectivity index (χ2n) is 13.1. The van der Waals surface area contributed by atoms with Crippen LogP contribution in [0, 0.1) is 5.41 Å². The van der Waals surface area contributed by atoms with Crippen molar-refractivity contribution in [2.24, 2.45) is 12.5 Å². The van der Waals surface area contributed by atoms with Crippen molar-refractivity contribution in [3.8, 4) is 5.75 Å². The average Bonchev–Trinajstić information content (AvgIpc) is 3.36. The highest BCUT2D eigenvalue weighted by Gasteiger charge is 2.58. The Morgan fingerprint density at radius 2 is 1.89 bits per heavy atom. The Kier molecular flexibility index (Phi) is 6.82. The first-order valence-corrected chi connectivity index (χ1v) is 15.4. The minimum Gasteiger partial charge on any atom is -0.493 e. The maximum absolute atomic E-state index is 14.6. The third kappa shape index (κ3) is 4.76. The molecule has 7 rings (SSSR count). The number of para-hydroxylation sites is 1. The van der Waals surface area contributed by atoms with Crippen molar-refractivity contribution in [2.45, 2.75) is 69.2 Å². The number of fused-ring (bicyclic) bond motifs is 1. The Labute approximate surface area is 256 Å². The van der Waals surface area contributed by atoms with Crippen LogP contribution in [0.25, 0.3) is 0 Å². The van der Waals surface area contributed by atoms with Gasteiger partial charge in [-0.1, -0.05) is 36.8 Å². The van der Waals surface area contributed by atoms with E-state index in [0.29, 0.717) is 35.7 Å². The van der Waals surface area contributed by atoms with E-state index < -0.39 is 11.5 Å². The molecule has 2 fully saturated rings. The highest BCUT2D eigenvalue weighted by atomic mass is 16.5. The van der Waals surface area contributed by atoms with E-state index in [-0.39, 0.29) is 23.1 Å². The highest BCUT2D eigenvalue weighted by molar-refractivity contribution is 6.02. The third-order valence-corrected chi connectivity index (χ3v) is 9.98. The lowest BCUT2D eigenvalue weighted by Crippen LogP contribution is -2.54. The van der Waals surface area contributed by atoms with Crippen LogP contribution in [0.4, 0.5) is 5.69 Å². The van der Waals surface area contributed by atoms with Crippen LogP contribution in [0.3, 0.4) is 0 Å². The van der Waals surface area contributed by atoms with Gasteiger partial charge in [0, 0.05) is 48.8 Å². The Morgan fingerprint density at radius 3 is 2.59 bits per heavy atom. The molecule has 0 radical (unpaired) electrons. The number of aryl methyl sites for hydroxylation is 1. The summed E-state index contributed by atoms with van der Waals surface area (Å²) < 4.78 is 13.8. The van der Waals surface area contributed by atoms with Gasteiger partial charge in [0.05, 0.1) is 12.0 Å². The van der Waals surface area contributed by atoms with Gasteiger partial charge in [-0.2, -0.15) is 5.10 Å². The summed E-state index contributed by atoms with van der Waals surface area (Å²) >= 11 is 0. The molecule has 10 heteroatoms. The smallest absolute Gasteiger partial charge is 0.270 e. The zero-order chi connectivity index (χ0) is 30.6. The summed E-state index contributed by atoms with van der Waals surface area (Å²) in [6, 6.07) is 16.5. The number of nitrogens with zero attached hydrogens (tertiary/aromatic N) is 5. The van der Waals surface area contributed by atoms with Crippen LogP contribution >= 0.6 is 0 Å². The molecule has 1 spiro atoms. The quantitative estimate of drug-likeness (QED) is 0.301. The van der Waals surface area contributed by atoms with Crippen LogP contribution in [-0.2, 0) is 17.3 Å². The molecule has 2 aromatic carbocycles. The monoisotopic (exact) mass is 594 g/mol. The first-order valence-electron chi connectivity index (χ1n) is 15.4. The lowest BCUT2D eigenvalue weighted by atomic mass is 9.75. The number of ether oxygens (including phenoxy) is 1. The van der Waals surface area contributed by atoms with Crippen LogP contribution in [0.2, 0.25) is 0 Å². The van der Waals surface area contributed by atoms with E-state index in [1.807, 2.05) is 48.5 Å². The number of hydrogen-bond acceptors (Lipinski definition) is 7. The maximum atomic E-state index is 14.6. The molecule has 2 amide bonds. The van der Waals surface area contributed by atoms with Gasteiger partial charge in [0.2, 0.25) is 17.7 Å². The summed E-state index contributed by atoms with van der Waals surface area (Å²) in [7, 11) is 3.49. The predicted molar refractivity (Wildman–Crippen MR) is 164 cm³/mol. The fraction of sp³-hybridized carbons (Fsp3) is 0.441. The summed E-state index contributed by atoms with van der Waals surface area (Å²) in [5.74, 6) is 1.59. The molecule has 4 aromatic rings. The molecule has 3 heterocycles. The number of aromatic nitrogens is 4. The van der Waals surface area contributed by atoms with Crippen LogP contribution in [0.1, 0.15) is 91.2 Å². The van der Waals surface area contributed by atoms with Crippen LogP contribution in [0.5, 0.6) is 5.75 Å². The van der Waals surface area contributed by atoms with Gasteiger partial charge >= 0.3 is 0 Å². The number of rotatable bonds is 8. The number of likely N-dealkylation sites (N-methyl/N-ethyl adjacent to an activating group) is 1. The van der Waals surface area contributed by atoms with Crippen molar-refractivity contribution in [1.82, 2.24) is 25.3 Å². The van der Waals surface area contributed by atoms with Crippen LogP contribution in [-0.4, -0.2) is 51.5 Å². The van der Waals surface area contributed by atoms with Gasteiger partial charge in [-0.25, -0.2) is 0 Å². The zero-order valence-corrected chi connectivity index (χ0v) is 25.6. The number of anilines is 1. The first kappa shape index (κ1) is 28.3. The molecule has 2 saturated carbocycles. The lowest BCUT2D eigenvalue weighted by molar-refractivity contribution is -0.121. The van der Waals surface area contributed by atoms with E-state index in [2.05, 4.69) is 34.5 Å². The van der Waals surface area contributed by atoms with Crippen molar-refractivity contribution in [3.63, 3.8) is 0 Å². The normalized spacial score (nSPS) is 19.4. The molecule has 2 aromatic heterocycles. The van der Waals surface area contributed by atoms with E-state index in [4.69, 9.17) is 9.15 Å². The maximum Gasteiger partial charge on any atom is 0.270 e. The Morgan fingerprint density at radius 1 is 1.09 bits per heavy atom. The molecular formula is C34H38N6O4. The predicted octanol–water partition coefficient (Wildman–Crippen LogP) is 5.11. The molecule has 0 saturated heterocycles. The van der Waals surface area contributed by atoms with Gasteiger partial charge in [-0.3, -0.25) is 14.3 Å². The van der Waals surface area contributed by atoms with E-state index in [9.17, 15) is 9.59 Å². The number of carbonyl (C=O) groups is 2. The zero-order valence-electron chi connectivity index (χ0n) is 25.6. The van der Waals surface area contributed by atoms with E-state index in [0.717, 1.165) is 42.6 Å². The molecule has 10 nitrogen and oxygen atoms in total. The SMILES string of the molecule is CN(C(=O)[C@@H](NC(=O)c1ccnn1C)C1c2ccccc2OCC12CC2)c1cccc(C(C)(C)c2nnc(C3CCC3)o2)c1.